The zero-order chi connectivity index (χ0) is 25.1. The Morgan fingerprint density at radius 1 is 1.08 bits per heavy atom. The molecule has 3 aromatic rings. The second-order valence-electron chi connectivity index (χ2n) is 9.36. The number of amides is 1. The van der Waals surface area contributed by atoms with Crippen molar-refractivity contribution in [3.8, 4) is 16.9 Å². The average Bonchev–Trinajstić information content (AvgIpc) is 3.05. The van der Waals surface area contributed by atoms with Gasteiger partial charge in [-0.3, -0.25) is 0 Å². The minimum Gasteiger partial charge on any atom is -0.147 e. The normalized spacial score (nSPS) is 20.4. The minimum atomic E-state index is -1.47. The summed E-state index contributed by atoms with van der Waals surface area (Å²) >= 11 is 8.30. The predicted octanol–water partition coefficient (Wildman–Crippen LogP) is 5.45. The van der Waals surface area contributed by atoms with Crippen molar-refractivity contribution < 1.29 is 18.3 Å². The first-order chi connectivity index (χ1) is 16.5. The maximum Gasteiger partial charge on any atom is -0.147 e. The van der Waals surface area contributed by atoms with E-state index < -0.39 is 17.3 Å². The van der Waals surface area contributed by atoms with E-state index in [4.69, 9.17) is 21.3 Å². The molecule has 36 heavy (non-hydrogen) atoms. The van der Waals surface area contributed by atoms with Crippen molar-refractivity contribution in [1.82, 2.24) is 9.88 Å². The van der Waals surface area contributed by atoms with Gasteiger partial charge in [0, 0.05) is 0 Å². The zero-order valence-electron chi connectivity index (χ0n) is 19.7. The van der Waals surface area contributed by atoms with Crippen LogP contribution in [0.15, 0.2) is 53.7 Å². The Morgan fingerprint density at radius 2 is 1.78 bits per heavy atom. The molecule has 1 unspecified atom stereocenters. The third-order valence-electron chi connectivity index (χ3n) is 6.52. The molecule has 0 saturated heterocycles. The van der Waals surface area contributed by atoms with E-state index in [0.29, 0.717) is 15.8 Å². The van der Waals surface area contributed by atoms with Gasteiger partial charge in [-0.05, 0) is 0 Å². The Labute approximate surface area is 227 Å². The van der Waals surface area contributed by atoms with Gasteiger partial charge in [-0.1, -0.05) is 0 Å². The quantitative estimate of drug-likeness (QED) is 0.301. The van der Waals surface area contributed by atoms with Gasteiger partial charge in [0.1, 0.15) is 0 Å². The Balaban J connectivity index is 0.00000304. The van der Waals surface area contributed by atoms with E-state index in [2.05, 4.69) is 21.8 Å². The zero-order valence-corrected chi connectivity index (χ0v) is 23.1. The molecule has 0 spiro atoms. The molecule has 3 heterocycles. The standard InChI is InChI=1S/C26H21AsClF2N3O2.ClH/c1-25(2)9-8-14-10-15(5-7-21(14)35-25)26(23(34)33(3)24(27)32-26)16-4-6-20(29)18(11-16)19-12-17(28)13-31-22(19)30;/h4-7,10-13H,8-9H2,1-3H3;1H. The molecule has 1 aromatic heterocycles. The number of hydrogen-bond donors (Lipinski definition) is 0. The van der Waals surface area contributed by atoms with E-state index in [-0.39, 0.29) is 40.1 Å². The molecule has 5 rings (SSSR count). The van der Waals surface area contributed by atoms with Crippen molar-refractivity contribution in [2.75, 3.05) is 7.05 Å². The number of fused-ring (bicyclic) bond motifs is 1. The number of benzene rings is 2. The first kappa shape index (κ1) is 26.6. The molecular formula is C26H22AsCl2F2N3O2. The number of carbonyl (C=O) groups is 1. The van der Waals surface area contributed by atoms with Crippen molar-refractivity contribution in [2.24, 2.45) is 4.99 Å². The van der Waals surface area contributed by atoms with Crippen LogP contribution < -0.4 is 4.74 Å². The molecule has 10 heteroatoms. The van der Waals surface area contributed by atoms with Crippen molar-refractivity contribution >= 4 is 51.4 Å². The Hall–Kier alpha value is -2.47. The molecule has 2 aliphatic heterocycles. The van der Waals surface area contributed by atoms with Crippen LogP contribution in [0.3, 0.4) is 0 Å². The maximum absolute atomic E-state index is 14.9. The van der Waals surface area contributed by atoms with Crippen molar-refractivity contribution in [1.29, 1.82) is 0 Å². The Bertz CT molecular complexity index is 1420. The van der Waals surface area contributed by atoms with Gasteiger partial charge in [0.25, 0.3) is 0 Å². The molecule has 186 valence electrons. The van der Waals surface area contributed by atoms with Crippen LogP contribution >= 0.6 is 24.0 Å². The Kier molecular flexibility index (Phi) is 6.97. The molecule has 1 atom stereocenters. The van der Waals surface area contributed by atoms with Crippen LogP contribution in [0.1, 0.15) is 37.0 Å². The van der Waals surface area contributed by atoms with Crippen LogP contribution in [-0.4, -0.2) is 49.9 Å². The second kappa shape index (κ2) is 9.44. The summed E-state index contributed by atoms with van der Waals surface area (Å²) in [6.07, 6.45) is 2.76. The fourth-order valence-electron chi connectivity index (χ4n) is 4.60. The molecule has 1 amide bonds. The number of pyridine rings is 1. The van der Waals surface area contributed by atoms with Crippen LogP contribution in [0.5, 0.6) is 5.75 Å². The maximum atomic E-state index is 14.9. The molecule has 0 bridgehead atoms. The number of rotatable bonds is 3. The van der Waals surface area contributed by atoms with Gasteiger partial charge < -0.3 is 0 Å². The number of halogens is 4. The van der Waals surface area contributed by atoms with Crippen LogP contribution in [0.4, 0.5) is 8.78 Å². The molecule has 0 saturated carbocycles. The van der Waals surface area contributed by atoms with E-state index in [1.54, 1.807) is 7.05 Å². The number of aromatic nitrogens is 1. The number of aliphatic imine (C=N–C) groups is 1. The van der Waals surface area contributed by atoms with Crippen molar-refractivity contribution in [3.05, 3.63) is 82.1 Å². The fourth-order valence-corrected chi connectivity index (χ4v) is 5.26. The molecule has 0 fully saturated rings. The van der Waals surface area contributed by atoms with Gasteiger partial charge in [0.15, 0.2) is 0 Å². The monoisotopic (exact) mass is 591 g/mol. The van der Waals surface area contributed by atoms with Crippen LogP contribution in [-0.2, 0) is 16.8 Å². The summed E-state index contributed by atoms with van der Waals surface area (Å²) in [5, 5.41) is 0.168. The number of amidine groups is 1. The minimum absolute atomic E-state index is 0. The summed E-state index contributed by atoms with van der Waals surface area (Å²) in [5.41, 5.74) is 0.110. The largest absolute Gasteiger partial charge is 0.147 e. The molecular weight excluding hydrogens is 570 g/mol. The number of nitrogens with zero attached hydrogens (tertiary/aromatic N) is 3. The van der Waals surface area contributed by atoms with E-state index in [1.165, 1.54) is 29.2 Å². The molecule has 2 aliphatic rings. The predicted molar refractivity (Wildman–Crippen MR) is 138 cm³/mol. The molecule has 0 aliphatic carbocycles. The van der Waals surface area contributed by atoms with Crippen LogP contribution in [0.25, 0.3) is 11.1 Å². The van der Waals surface area contributed by atoms with Gasteiger partial charge in [0.2, 0.25) is 0 Å². The first-order valence-electron chi connectivity index (χ1n) is 11.0. The van der Waals surface area contributed by atoms with Gasteiger partial charge in [-0.2, -0.15) is 0 Å². The number of likely N-dealkylation sites (N-methyl/N-ethyl adjacent to an activating group) is 1. The fraction of sp³-hybridized carbons (Fsp3) is 0.269. The number of ether oxygens (including phenoxy) is 1. The van der Waals surface area contributed by atoms with Gasteiger partial charge in [-0.25, -0.2) is 0 Å². The topological polar surface area (TPSA) is 54.8 Å². The van der Waals surface area contributed by atoms with E-state index in [9.17, 15) is 13.6 Å². The van der Waals surface area contributed by atoms with Gasteiger partial charge in [0.05, 0.1) is 0 Å². The van der Waals surface area contributed by atoms with Crippen molar-refractivity contribution in [2.45, 2.75) is 37.8 Å². The Morgan fingerprint density at radius 3 is 2.47 bits per heavy atom. The van der Waals surface area contributed by atoms with E-state index in [1.807, 2.05) is 32.0 Å². The van der Waals surface area contributed by atoms with E-state index >= 15 is 0 Å². The first-order valence-corrected chi connectivity index (χ1v) is 12.3. The summed E-state index contributed by atoms with van der Waals surface area (Å²) < 4.78 is 36.1. The summed E-state index contributed by atoms with van der Waals surface area (Å²) in [5.74, 6) is -1.06. The third-order valence-corrected chi connectivity index (χ3v) is 7.57. The summed E-state index contributed by atoms with van der Waals surface area (Å²) in [6.45, 7) is 4.08. The third kappa shape index (κ3) is 4.31. The smallest absolute Gasteiger partial charge is 0.147 e. The summed E-state index contributed by atoms with van der Waals surface area (Å²) in [6, 6.07) is 11.1. The molecule has 0 N–H and O–H groups in total. The number of aryl methyl sites for hydroxylation is 1. The van der Waals surface area contributed by atoms with Crippen LogP contribution in [0.2, 0.25) is 5.02 Å². The number of hydrogen-bond acceptors (Lipinski definition) is 4. The average molecular weight is 592 g/mol. The van der Waals surface area contributed by atoms with Gasteiger partial charge >= 0.3 is 216 Å². The summed E-state index contributed by atoms with van der Waals surface area (Å²) in [7, 11) is 1.64. The van der Waals surface area contributed by atoms with Crippen LogP contribution in [0, 0.1) is 11.8 Å². The SMILES string of the molecule is CN1C(=O)C(c2ccc3c(c2)CCC(C)(C)O3)(c2ccc(F)c(-c3cc(Cl)cnc3F)c2)N=C1[As].Cl. The van der Waals surface area contributed by atoms with Gasteiger partial charge in [-0.15, -0.1) is 12.4 Å². The molecule has 2 radical (unpaired) electrons. The second-order valence-corrected chi connectivity index (χ2v) is 10.6. The molecule has 5 nitrogen and oxygen atoms in total. The summed E-state index contributed by atoms with van der Waals surface area (Å²) in [4.78, 5) is 23.6. The number of carbonyl (C=O) groups excluding carboxylic acids is 1. The van der Waals surface area contributed by atoms with E-state index in [0.717, 1.165) is 30.4 Å². The van der Waals surface area contributed by atoms with Crippen molar-refractivity contribution in [3.63, 3.8) is 0 Å². The molecule has 2 aromatic carbocycles.